The first-order chi connectivity index (χ1) is 6.20. The highest BCUT2D eigenvalue weighted by atomic mass is 16.1. The molecular formula is C9H9N3O. The fourth-order valence-corrected chi connectivity index (χ4v) is 1.32. The minimum Gasteiger partial charge on any atom is -0.394 e. The predicted octanol–water partition coefficient (Wildman–Crippen LogP) is 0.516. The first kappa shape index (κ1) is 7.79. The summed E-state index contributed by atoms with van der Waals surface area (Å²) in [6.45, 7) is 0. The molecule has 0 amide bonds. The number of nitrogens with zero attached hydrogens (tertiary/aromatic N) is 2. The molecule has 0 radical (unpaired) electrons. The van der Waals surface area contributed by atoms with Crippen LogP contribution in [0.15, 0.2) is 29.2 Å². The number of anilines is 1. The van der Waals surface area contributed by atoms with Gasteiger partial charge < -0.3 is 10.3 Å². The second-order valence-electron chi connectivity index (χ2n) is 2.87. The van der Waals surface area contributed by atoms with Gasteiger partial charge in [0.25, 0.3) is 5.56 Å². The Labute approximate surface area is 74.6 Å². The SMILES string of the molecule is Cn1c(=O)c(N)cc2ncccc21. The largest absolute Gasteiger partial charge is 0.394 e. The van der Waals surface area contributed by atoms with E-state index in [9.17, 15) is 4.79 Å². The smallest absolute Gasteiger partial charge is 0.274 e. The highest BCUT2D eigenvalue weighted by Crippen LogP contribution is 2.09. The number of nitrogen functional groups attached to an aromatic ring is 1. The van der Waals surface area contributed by atoms with Crippen molar-refractivity contribution in [2.24, 2.45) is 7.05 Å². The molecular weight excluding hydrogens is 166 g/mol. The van der Waals surface area contributed by atoms with Crippen LogP contribution in [0, 0.1) is 0 Å². The number of nitrogens with two attached hydrogens (primary N) is 1. The van der Waals surface area contributed by atoms with E-state index < -0.39 is 0 Å². The van der Waals surface area contributed by atoms with E-state index in [0.717, 1.165) is 11.0 Å². The normalized spacial score (nSPS) is 10.5. The van der Waals surface area contributed by atoms with Gasteiger partial charge in [-0.2, -0.15) is 0 Å². The summed E-state index contributed by atoms with van der Waals surface area (Å²) < 4.78 is 1.50. The monoisotopic (exact) mass is 175 g/mol. The highest BCUT2D eigenvalue weighted by Gasteiger charge is 2.02. The lowest BCUT2D eigenvalue weighted by molar-refractivity contribution is 0.907. The molecule has 0 saturated heterocycles. The number of rotatable bonds is 0. The van der Waals surface area contributed by atoms with E-state index in [-0.39, 0.29) is 11.2 Å². The lowest BCUT2D eigenvalue weighted by atomic mass is 10.3. The number of aryl methyl sites for hydroxylation is 1. The van der Waals surface area contributed by atoms with E-state index in [1.54, 1.807) is 25.4 Å². The van der Waals surface area contributed by atoms with Crippen molar-refractivity contribution < 1.29 is 0 Å². The number of hydrogen-bond acceptors (Lipinski definition) is 3. The average Bonchev–Trinajstić information content (AvgIpc) is 2.15. The van der Waals surface area contributed by atoms with Gasteiger partial charge in [0.15, 0.2) is 0 Å². The summed E-state index contributed by atoms with van der Waals surface area (Å²) in [6, 6.07) is 5.22. The van der Waals surface area contributed by atoms with Gasteiger partial charge in [-0.3, -0.25) is 9.78 Å². The molecule has 4 heteroatoms. The standard InChI is InChI=1S/C9H9N3O/c1-12-8-3-2-4-11-7(8)5-6(10)9(12)13/h2-5H,10H2,1H3. The fourth-order valence-electron chi connectivity index (χ4n) is 1.32. The fraction of sp³-hybridized carbons (Fsp3) is 0.111. The zero-order valence-corrected chi connectivity index (χ0v) is 7.19. The summed E-state index contributed by atoms with van der Waals surface area (Å²) in [5.41, 5.74) is 7.09. The van der Waals surface area contributed by atoms with Gasteiger partial charge in [-0.05, 0) is 18.2 Å². The van der Waals surface area contributed by atoms with Crippen molar-refractivity contribution in [3.63, 3.8) is 0 Å². The van der Waals surface area contributed by atoms with Gasteiger partial charge in [0, 0.05) is 13.2 Å². The molecule has 2 N–H and O–H groups in total. The van der Waals surface area contributed by atoms with E-state index in [2.05, 4.69) is 4.98 Å². The molecule has 0 bridgehead atoms. The van der Waals surface area contributed by atoms with Crippen LogP contribution in [0.5, 0.6) is 0 Å². The van der Waals surface area contributed by atoms with Gasteiger partial charge in [-0.25, -0.2) is 0 Å². The van der Waals surface area contributed by atoms with Crippen LogP contribution in [-0.4, -0.2) is 9.55 Å². The molecule has 2 aromatic rings. The van der Waals surface area contributed by atoms with Crippen LogP contribution < -0.4 is 11.3 Å². The topological polar surface area (TPSA) is 60.9 Å². The van der Waals surface area contributed by atoms with E-state index in [4.69, 9.17) is 5.73 Å². The van der Waals surface area contributed by atoms with E-state index in [1.807, 2.05) is 6.07 Å². The quantitative estimate of drug-likeness (QED) is 0.634. The molecule has 0 unspecified atom stereocenters. The Morgan fingerprint density at radius 1 is 1.54 bits per heavy atom. The molecule has 0 saturated carbocycles. The van der Waals surface area contributed by atoms with Gasteiger partial charge in [-0.15, -0.1) is 0 Å². The molecule has 2 rings (SSSR count). The van der Waals surface area contributed by atoms with E-state index in [0.29, 0.717) is 0 Å². The first-order valence-corrected chi connectivity index (χ1v) is 3.90. The summed E-state index contributed by atoms with van der Waals surface area (Å²) in [6.07, 6.45) is 1.67. The minimum absolute atomic E-state index is 0.180. The second-order valence-corrected chi connectivity index (χ2v) is 2.87. The van der Waals surface area contributed by atoms with Gasteiger partial charge in [-0.1, -0.05) is 0 Å². The third-order valence-corrected chi connectivity index (χ3v) is 2.02. The maximum absolute atomic E-state index is 11.4. The molecule has 0 atom stereocenters. The number of fused-ring (bicyclic) bond motifs is 1. The van der Waals surface area contributed by atoms with Gasteiger partial charge in [0.2, 0.25) is 0 Å². The Balaban J connectivity index is 3.02. The van der Waals surface area contributed by atoms with Crippen molar-refractivity contribution in [2.45, 2.75) is 0 Å². The third-order valence-electron chi connectivity index (χ3n) is 2.02. The summed E-state index contributed by atoms with van der Waals surface area (Å²) in [4.78, 5) is 15.5. The van der Waals surface area contributed by atoms with Crippen molar-refractivity contribution in [3.8, 4) is 0 Å². The molecule has 0 aliphatic carbocycles. The van der Waals surface area contributed by atoms with E-state index >= 15 is 0 Å². The summed E-state index contributed by atoms with van der Waals surface area (Å²) in [7, 11) is 1.68. The maximum atomic E-state index is 11.4. The van der Waals surface area contributed by atoms with Crippen LogP contribution in [0.4, 0.5) is 5.69 Å². The Bertz CT molecular complexity index is 516. The molecule has 0 fully saturated rings. The lowest BCUT2D eigenvalue weighted by Crippen LogP contribution is -2.20. The zero-order valence-electron chi connectivity index (χ0n) is 7.19. The van der Waals surface area contributed by atoms with Crippen LogP contribution in [0.1, 0.15) is 0 Å². The van der Waals surface area contributed by atoms with Crippen LogP contribution in [-0.2, 0) is 7.05 Å². The van der Waals surface area contributed by atoms with Crippen molar-refractivity contribution in [3.05, 3.63) is 34.7 Å². The number of aromatic nitrogens is 2. The average molecular weight is 175 g/mol. The summed E-state index contributed by atoms with van der Waals surface area (Å²) in [5, 5.41) is 0. The maximum Gasteiger partial charge on any atom is 0.274 e. The molecule has 2 aromatic heterocycles. The zero-order chi connectivity index (χ0) is 9.42. The Kier molecular flexibility index (Phi) is 1.55. The Hall–Kier alpha value is -1.84. The molecule has 66 valence electrons. The van der Waals surface area contributed by atoms with E-state index in [1.165, 1.54) is 4.57 Å². The van der Waals surface area contributed by atoms with Crippen LogP contribution in [0.25, 0.3) is 11.0 Å². The van der Waals surface area contributed by atoms with Crippen molar-refractivity contribution in [1.82, 2.24) is 9.55 Å². The van der Waals surface area contributed by atoms with Gasteiger partial charge >= 0.3 is 0 Å². The van der Waals surface area contributed by atoms with Gasteiger partial charge in [0.1, 0.15) is 5.69 Å². The van der Waals surface area contributed by atoms with Crippen molar-refractivity contribution in [2.75, 3.05) is 5.73 Å². The first-order valence-electron chi connectivity index (χ1n) is 3.90. The molecule has 0 spiro atoms. The molecule has 0 aromatic carbocycles. The third kappa shape index (κ3) is 1.07. The highest BCUT2D eigenvalue weighted by molar-refractivity contribution is 5.77. The van der Waals surface area contributed by atoms with Crippen LogP contribution in [0.3, 0.4) is 0 Å². The number of hydrogen-bond donors (Lipinski definition) is 1. The number of pyridine rings is 2. The second kappa shape index (κ2) is 2.58. The molecule has 0 aliphatic rings. The van der Waals surface area contributed by atoms with Crippen LogP contribution in [0.2, 0.25) is 0 Å². The predicted molar refractivity (Wildman–Crippen MR) is 51.4 cm³/mol. The molecule has 0 aliphatic heterocycles. The summed E-state index contributed by atoms with van der Waals surface area (Å²) in [5.74, 6) is 0. The Morgan fingerprint density at radius 2 is 2.31 bits per heavy atom. The van der Waals surface area contributed by atoms with Crippen molar-refractivity contribution in [1.29, 1.82) is 0 Å². The Morgan fingerprint density at radius 3 is 3.08 bits per heavy atom. The summed E-state index contributed by atoms with van der Waals surface area (Å²) >= 11 is 0. The van der Waals surface area contributed by atoms with Gasteiger partial charge in [0.05, 0.1) is 11.0 Å². The lowest BCUT2D eigenvalue weighted by Gasteiger charge is -2.04. The van der Waals surface area contributed by atoms with Crippen molar-refractivity contribution >= 4 is 16.7 Å². The van der Waals surface area contributed by atoms with Crippen LogP contribution >= 0.6 is 0 Å². The molecule has 2 heterocycles. The molecule has 13 heavy (non-hydrogen) atoms. The minimum atomic E-state index is -0.180. The molecule has 4 nitrogen and oxygen atoms in total.